The van der Waals surface area contributed by atoms with Crippen LogP contribution in [-0.4, -0.2) is 25.7 Å². The second-order valence-electron chi connectivity index (χ2n) is 4.03. The molecule has 1 aromatic carbocycles. The van der Waals surface area contributed by atoms with Gasteiger partial charge < -0.3 is 10.2 Å². The largest absolute Gasteiger partial charge is 0.365 e. The quantitative estimate of drug-likeness (QED) is 0.733. The van der Waals surface area contributed by atoms with E-state index < -0.39 is 0 Å². The summed E-state index contributed by atoms with van der Waals surface area (Å²) in [6.07, 6.45) is 1.22. The van der Waals surface area contributed by atoms with Gasteiger partial charge in [0.1, 0.15) is 0 Å². The monoisotopic (exact) mass is 300 g/mol. The van der Waals surface area contributed by atoms with Crippen LogP contribution in [0.25, 0.3) is 0 Å². The Kier molecular flexibility index (Phi) is 2.17. The van der Waals surface area contributed by atoms with Crippen LogP contribution in [0.3, 0.4) is 0 Å². The molecule has 2 aliphatic rings. The van der Waals surface area contributed by atoms with Crippen LogP contribution in [0, 0.1) is 3.57 Å². The molecule has 2 heterocycles. The maximum Gasteiger partial charge on any atom is 0.0456 e. The molecule has 2 nitrogen and oxygen atoms in total. The normalized spacial score (nSPS) is 24.6. The van der Waals surface area contributed by atoms with Crippen LogP contribution in [0.5, 0.6) is 0 Å². The summed E-state index contributed by atoms with van der Waals surface area (Å²) in [6.45, 7) is 3.43. The topological polar surface area (TPSA) is 15.3 Å². The maximum absolute atomic E-state index is 3.46. The smallest absolute Gasteiger partial charge is 0.0456 e. The van der Waals surface area contributed by atoms with Crippen molar-refractivity contribution in [1.82, 2.24) is 5.32 Å². The number of anilines is 1. The van der Waals surface area contributed by atoms with Crippen LogP contribution in [-0.2, 0) is 6.42 Å². The highest BCUT2D eigenvalue weighted by atomic mass is 127. The third-order valence-corrected chi connectivity index (χ3v) is 3.83. The lowest BCUT2D eigenvalue weighted by atomic mass is 10.1. The molecule has 0 saturated carbocycles. The van der Waals surface area contributed by atoms with Gasteiger partial charge in [-0.2, -0.15) is 0 Å². The second-order valence-corrected chi connectivity index (χ2v) is 5.27. The van der Waals surface area contributed by atoms with Gasteiger partial charge in [0.05, 0.1) is 0 Å². The van der Waals surface area contributed by atoms with Gasteiger partial charge in [0, 0.05) is 34.9 Å². The molecule has 14 heavy (non-hydrogen) atoms. The molecule has 0 amide bonds. The number of rotatable bonds is 0. The number of fused-ring (bicyclic) bond motifs is 3. The van der Waals surface area contributed by atoms with E-state index in [0.717, 1.165) is 19.6 Å². The Hall–Kier alpha value is -0.290. The van der Waals surface area contributed by atoms with E-state index in [-0.39, 0.29) is 0 Å². The standard InChI is InChI=1S/C11H13IN2/c12-9-2-1-8-5-10-7-13-3-4-14(10)11(8)6-9/h1-2,6,10,13H,3-5,7H2/t10-/m0/s1. The minimum Gasteiger partial charge on any atom is -0.365 e. The van der Waals surface area contributed by atoms with Crippen molar-refractivity contribution in [2.45, 2.75) is 12.5 Å². The van der Waals surface area contributed by atoms with Crippen molar-refractivity contribution >= 4 is 28.3 Å². The number of halogens is 1. The molecule has 0 bridgehead atoms. The zero-order valence-electron chi connectivity index (χ0n) is 7.96. The Balaban J connectivity index is 2.02. The predicted molar refractivity (Wildman–Crippen MR) is 66.9 cm³/mol. The van der Waals surface area contributed by atoms with Gasteiger partial charge in [-0.3, -0.25) is 0 Å². The fourth-order valence-corrected chi connectivity index (χ4v) is 2.97. The number of nitrogens with zero attached hydrogens (tertiary/aromatic N) is 1. The molecule has 0 aromatic heterocycles. The summed E-state index contributed by atoms with van der Waals surface area (Å²) in [5.41, 5.74) is 3.00. The molecule has 1 N–H and O–H groups in total. The van der Waals surface area contributed by atoms with E-state index in [1.165, 1.54) is 21.2 Å². The summed E-state index contributed by atoms with van der Waals surface area (Å²) in [6, 6.07) is 7.53. The summed E-state index contributed by atoms with van der Waals surface area (Å²) in [5, 5.41) is 3.46. The van der Waals surface area contributed by atoms with Gasteiger partial charge in [-0.15, -0.1) is 0 Å². The van der Waals surface area contributed by atoms with Gasteiger partial charge in [0.2, 0.25) is 0 Å². The van der Waals surface area contributed by atoms with E-state index in [1.807, 2.05) is 0 Å². The third-order valence-electron chi connectivity index (χ3n) is 3.16. The molecular formula is C11H13IN2. The van der Waals surface area contributed by atoms with Gasteiger partial charge in [-0.05, 0) is 46.7 Å². The van der Waals surface area contributed by atoms with Crippen molar-refractivity contribution in [3.8, 4) is 0 Å². The summed E-state index contributed by atoms with van der Waals surface area (Å²) < 4.78 is 1.35. The average Bonchev–Trinajstić information content (AvgIpc) is 2.56. The van der Waals surface area contributed by atoms with Gasteiger partial charge in [0.15, 0.2) is 0 Å². The van der Waals surface area contributed by atoms with Crippen LogP contribution in [0.2, 0.25) is 0 Å². The first kappa shape index (κ1) is 8.97. The molecule has 0 spiro atoms. The highest BCUT2D eigenvalue weighted by Gasteiger charge is 2.30. The Bertz CT molecular complexity index is 364. The number of piperazine rings is 1. The summed E-state index contributed by atoms with van der Waals surface area (Å²) in [4.78, 5) is 2.56. The van der Waals surface area contributed by atoms with E-state index >= 15 is 0 Å². The van der Waals surface area contributed by atoms with E-state index in [1.54, 1.807) is 0 Å². The van der Waals surface area contributed by atoms with Crippen LogP contribution in [0.4, 0.5) is 5.69 Å². The molecule has 2 aliphatic heterocycles. The minimum absolute atomic E-state index is 0.706. The molecule has 3 heteroatoms. The van der Waals surface area contributed by atoms with Crippen LogP contribution >= 0.6 is 22.6 Å². The molecule has 1 fully saturated rings. The van der Waals surface area contributed by atoms with Crippen molar-refractivity contribution in [3.63, 3.8) is 0 Å². The molecule has 0 aliphatic carbocycles. The molecule has 0 unspecified atom stereocenters. The molecule has 74 valence electrons. The van der Waals surface area contributed by atoms with Crippen molar-refractivity contribution in [1.29, 1.82) is 0 Å². The lowest BCUT2D eigenvalue weighted by Crippen LogP contribution is -2.49. The first-order valence-electron chi connectivity index (χ1n) is 5.10. The fourth-order valence-electron chi connectivity index (χ4n) is 2.49. The number of nitrogens with one attached hydrogen (secondary N) is 1. The van der Waals surface area contributed by atoms with E-state index in [2.05, 4.69) is 51.0 Å². The van der Waals surface area contributed by atoms with Crippen molar-refractivity contribution < 1.29 is 0 Å². The van der Waals surface area contributed by atoms with Gasteiger partial charge >= 0.3 is 0 Å². The predicted octanol–water partition coefficient (Wildman–Crippen LogP) is 1.63. The highest BCUT2D eigenvalue weighted by Crippen LogP contribution is 2.33. The van der Waals surface area contributed by atoms with Crippen LogP contribution in [0.1, 0.15) is 5.56 Å². The Morgan fingerprint density at radius 1 is 1.43 bits per heavy atom. The SMILES string of the molecule is Ic1ccc2c(c1)N1CCNC[C@@H]1C2. The Labute approximate surface area is 97.8 Å². The molecule has 1 aromatic rings. The van der Waals surface area contributed by atoms with E-state index in [9.17, 15) is 0 Å². The summed E-state index contributed by atoms with van der Waals surface area (Å²) in [7, 11) is 0. The summed E-state index contributed by atoms with van der Waals surface area (Å²) in [5.74, 6) is 0. The van der Waals surface area contributed by atoms with Gasteiger partial charge in [-0.1, -0.05) is 6.07 Å². The Morgan fingerprint density at radius 3 is 3.29 bits per heavy atom. The second kappa shape index (κ2) is 3.38. The van der Waals surface area contributed by atoms with Crippen LogP contribution < -0.4 is 10.2 Å². The highest BCUT2D eigenvalue weighted by molar-refractivity contribution is 14.1. The maximum atomic E-state index is 3.46. The first-order valence-corrected chi connectivity index (χ1v) is 6.18. The molecule has 1 saturated heterocycles. The molecule has 1 atom stereocenters. The van der Waals surface area contributed by atoms with Gasteiger partial charge in [0.25, 0.3) is 0 Å². The number of hydrogen-bond donors (Lipinski definition) is 1. The van der Waals surface area contributed by atoms with E-state index in [4.69, 9.17) is 0 Å². The van der Waals surface area contributed by atoms with Crippen LogP contribution in [0.15, 0.2) is 18.2 Å². The Morgan fingerprint density at radius 2 is 2.36 bits per heavy atom. The first-order chi connectivity index (χ1) is 6.84. The zero-order valence-corrected chi connectivity index (χ0v) is 10.1. The van der Waals surface area contributed by atoms with Crippen molar-refractivity contribution in [3.05, 3.63) is 27.3 Å². The van der Waals surface area contributed by atoms with Gasteiger partial charge in [-0.25, -0.2) is 0 Å². The summed E-state index contributed by atoms with van der Waals surface area (Å²) >= 11 is 2.39. The molecule has 0 radical (unpaired) electrons. The van der Waals surface area contributed by atoms with Crippen molar-refractivity contribution in [2.24, 2.45) is 0 Å². The third kappa shape index (κ3) is 1.34. The lowest BCUT2D eigenvalue weighted by Gasteiger charge is -2.32. The van der Waals surface area contributed by atoms with Crippen molar-refractivity contribution in [2.75, 3.05) is 24.5 Å². The zero-order chi connectivity index (χ0) is 9.54. The average molecular weight is 300 g/mol. The molecule has 3 rings (SSSR count). The number of benzene rings is 1. The lowest BCUT2D eigenvalue weighted by molar-refractivity contribution is 0.495. The number of hydrogen-bond acceptors (Lipinski definition) is 2. The fraction of sp³-hybridized carbons (Fsp3) is 0.455. The minimum atomic E-state index is 0.706. The van der Waals surface area contributed by atoms with E-state index in [0.29, 0.717) is 6.04 Å². The molecular weight excluding hydrogens is 287 g/mol.